The molecule has 4 aromatic rings. The average molecular weight is 393 g/mol. The van der Waals surface area contributed by atoms with Crippen molar-refractivity contribution in [1.29, 1.82) is 0 Å². The number of aromatic amines is 1. The van der Waals surface area contributed by atoms with Gasteiger partial charge in [0.1, 0.15) is 11.7 Å². The van der Waals surface area contributed by atoms with Crippen molar-refractivity contribution < 1.29 is 4.79 Å². The molecule has 0 saturated carbocycles. The molecule has 0 unspecified atom stereocenters. The van der Waals surface area contributed by atoms with E-state index in [4.69, 9.17) is 16.6 Å². The molecule has 1 amide bonds. The highest BCUT2D eigenvalue weighted by Crippen LogP contribution is 2.34. The van der Waals surface area contributed by atoms with Gasteiger partial charge >= 0.3 is 0 Å². The normalized spacial score (nSPS) is 16.4. The SMILES string of the molecule is Cn1nc(Cl)cc1C(=O)N1CCc2[nH]cnc2[C@@H]1c1ccc2ccccc2n1. The van der Waals surface area contributed by atoms with Crippen LogP contribution in [0.3, 0.4) is 0 Å². The Labute approximate surface area is 166 Å². The Morgan fingerprint density at radius 2 is 2.11 bits per heavy atom. The maximum absolute atomic E-state index is 13.4. The third-order valence-electron chi connectivity index (χ3n) is 5.16. The molecule has 1 N–H and O–H groups in total. The molecule has 8 heteroatoms. The van der Waals surface area contributed by atoms with E-state index in [1.54, 1.807) is 24.3 Å². The molecule has 0 spiro atoms. The third-order valence-corrected chi connectivity index (χ3v) is 5.34. The first kappa shape index (κ1) is 16.9. The first-order valence-electron chi connectivity index (χ1n) is 9.00. The standard InChI is InChI=1S/C20H17ClN6O/c1-26-16(10-17(21)25-26)20(28)27-9-8-14-18(23-11-22-14)19(27)15-7-6-12-4-2-3-5-13(12)24-15/h2-7,10-11,19H,8-9H2,1H3,(H,22,23)/t19-/m0/s1. The quantitative estimate of drug-likeness (QED) is 0.568. The minimum Gasteiger partial charge on any atom is -0.348 e. The van der Waals surface area contributed by atoms with Crippen LogP contribution in [-0.2, 0) is 13.5 Å². The van der Waals surface area contributed by atoms with Gasteiger partial charge in [0.05, 0.1) is 23.2 Å². The predicted molar refractivity (Wildman–Crippen MR) is 105 cm³/mol. The van der Waals surface area contributed by atoms with Crippen LogP contribution in [-0.4, -0.2) is 42.1 Å². The summed E-state index contributed by atoms with van der Waals surface area (Å²) in [7, 11) is 1.71. The Morgan fingerprint density at radius 3 is 2.93 bits per heavy atom. The Morgan fingerprint density at radius 1 is 1.25 bits per heavy atom. The molecule has 28 heavy (non-hydrogen) atoms. The largest absolute Gasteiger partial charge is 0.348 e. The van der Waals surface area contributed by atoms with E-state index in [-0.39, 0.29) is 11.9 Å². The van der Waals surface area contributed by atoms with Gasteiger partial charge in [0.15, 0.2) is 5.15 Å². The van der Waals surface area contributed by atoms with E-state index in [1.165, 1.54) is 4.68 Å². The Hall–Kier alpha value is -3.19. The number of amides is 1. The minimum absolute atomic E-state index is 0.143. The number of hydrogen-bond acceptors (Lipinski definition) is 4. The molecule has 140 valence electrons. The summed E-state index contributed by atoms with van der Waals surface area (Å²) in [4.78, 5) is 27.7. The molecule has 1 aromatic carbocycles. The van der Waals surface area contributed by atoms with E-state index in [2.05, 4.69) is 15.1 Å². The smallest absolute Gasteiger partial charge is 0.273 e. The first-order valence-corrected chi connectivity index (χ1v) is 9.38. The van der Waals surface area contributed by atoms with Gasteiger partial charge < -0.3 is 9.88 Å². The molecular formula is C20H17ClN6O. The summed E-state index contributed by atoms with van der Waals surface area (Å²) in [6, 6.07) is 13.2. The van der Waals surface area contributed by atoms with Gasteiger partial charge in [-0.25, -0.2) is 4.98 Å². The molecule has 3 aromatic heterocycles. The topological polar surface area (TPSA) is 79.7 Å². The fraction of sp³-hybridized carbons (Fsp3) is 0.200. The molecule has 1 aliphatic rings. The summed E-state index contributed by atoms with van der Waals surface area (Å²) < 4.78 is 1.51. The second-order valence-electron chi connectivity index (χ2n) is 6.82. The summed E-state index contributed by atoms with van der Waals surface area (Å²) in [5, 5.41) is 5.45. The number of H-pyrrole nitrogens is 1. The average Bonchev–Trinajstić information content (AvgIpc) is 3.32. The zero-order valence-corrected chi connectivity index (χ0v) is 15.9. The lowest BCUT2D eigenvalue weighted by molar-refractivity contribution is 0.0676. The van der Waals surface area contributed by atoms with Crippen LogP contribution in [0.4, 0.5) is 0 Å². The number of imidazole rings is 1. The highest BCUT2D eigenvalue weighted by molar-refractivity contribution is 6.29. The van der Waals surface area contributed by atoms with Gasteiger partial charge in [-0.2, -0.15) is 5.10 Å². The third kappa shape index (κ3) is 2.66. The molecular weight excluding hydrogens is 376 g/mol. The van der Waals surface area contributed by atoms with E-state index < -0.39 is 0 Å². The number of para-hydroxylation sites is 1. The van der Waals surface area contributed by atoms with Crippen LogP contribution < -0.4 is 0 Å². The Bertz CT molecular complexity index is 1200. The Kier molecular flexibility index (Phi) is 3.91. The van der Waals surface area contributed by atoms with Crippen molar-refractivity contribution in [2.75, 3.05) is 6.54 Å². The number of nitrogens with zero attached hydrogens (tertiary/aromatic N) is 5. The maximum atomic E-state index is 13.4. The summed E-state index contributed by atoms with van der Waals surface area (Å²) in [6.45, 7) is 0.552. The number of rotatable bonds is 2. The summed E-state index contributed by atoms with van der Waals surface area (Å²) >= 11 is 6.00. The minimum atomic E-state index is -0.374. The fourth-order valence-electron chi connectivity index (χ4n) is 3.81. The van der Waals surface area contributed by atoms with Crippen LogP contribution in [0.25, 0.3) is 10.9 Å². The molecule has 0 fully saturated rings. The highest BCUT2D eigenvalue weighted by Gasteiger charge is 2.36. The van der Waals surface area contributed by atoms with E-state index in [0.717, 1.165) is 28.0 Å². The van der Waals surface area contributed by atoms with E-state index in [9.17, 15) is 4.79 Å². The van der Waals surface area contributed by atoms with Crippen LogP contribution in [0.2, 0.25) is 5.15 Å². The van der Waals surface area contributed by atoms with Crippen LogP contribution >= 0.6 is 11.6 Å². The monoisotopic (exact) mass is 392 g/mol. The van der Waals surface area contributed by atoms with Crippen molar-refractivity contribution in [3.8, 4) is 0 Å². The van der Waals surface area contributed by atoms with Crippen molar-refractivity contribution in [3.05, 3.63) is 76.7 Å². The molecule has 0 saturated heterocycles. The van der Waals surface area contributed by atoms with Crippen molar-refractivity contribution in [2.45, 2.75) is 12.5 Å². The number of fused-ring (bicyclic) bond motifs is 2. The maximum Gasteiger partial charge on any atom is 0.273 e. The summed E-state index contributed by atoms with van der Waals surface area (Å²) in [5.41, 5.74) is 3.98. The Balaban J connectivity index is 1.64. The van der Waals surface area contributed by atoms with Gasteiger partial charge in [-0.3, -0.25) is 14.5 Å². The number of carbonyl (C=O) groups is 1. The molecule has 5 rings (SSSR count). The van der Waals surface area contributed by atoms with E-state index in [0.29, 0.717) is 23.8 Å². The second-order valence-corrected chi connectivity index (χ2v) is 7.21. The molecule has 7 nitrogen and oxygen atoms in total. The van der Waals surface area contributed by atoms with Crippen LogP contribution in [0.5, 0.6) is 0 Å². The molecule has 0 aliphatic carbocycles. The van der Waals surface area contributed by atoms with Gasteiger partial charge in [-0.15, -0.1) is 0 Å². The number of aromatic nitrogens is 5. The lowest BCUT2D eigenvalue weighted by atomic mass is 9.98. The molecule has 1 atom stereocenters. The number of benzene rings is 1. The summed E-state index contributed by atoms with van der Waals surface area (Å²) in [6.07, 6.45) is 2.38. The number of aryl methyl sites for hydroxylation is 1. The van der Waals surface area contributed by atoms with E-state index >= 15 is 0 Å². The van der Waals surface area contributed by atoms with E-state index in [1.807, 2.05) is 36.4 Å². The highest BCUT2D eigenvalue weighted by atomic mass is 35.5. The van der Waals surface area contributed by atoms with Crippen molar-refractivity contribution in [1.82, 2.24) is 29.6 Å². The fourth-order valence-corrected chi connectivity index (χ4v) is 4.03. The van der Waals surface area contributed by atoms with Gasteiger partial charge in [-0.05, 0) is 12.1 Å². The van der Waals surface area contributed by atoms with Crippen molar-refractivity contribution in [3.63, 3.8) is 0 Å². The lowest BCUT2D eigenvalue weighted by Crippen LogP contribution is -2.41. The number of hydrogen-bond donors (Lipinski definition) is 1. The first-order chi connectivity index (χ1) is 13.6. The molecule has 1 aliphatic heterocycles. The molecule has 0 radical (unpaired) electrons. The molecule has 0 bridgehead atoms. The molecule has 4 heterocycles. The number of nitrogens with one attached hydrogen (secondary N) is 1. The second kappa shape index (κ2) is 6.45. The van der Waals surface area contributed by atoms with Crippen LogP contribution in [0.15, 0.2) is 48.8 Å². The number of carbonyl (C=O) groups excluding carboxylic acids is 1. The predicted octanol–water partition coefficient (Wildman–Crippen LogP) is 3.13. The van der Waals surface area contributed by atoms with Crippen molar-refractivity contribution >= 4 is 28.4 Å². The van der Waals surface area contributed by atoms with Crippen LogP contribution in [0.1, 0.15) is 33.6 Å². The van der Waals surface area contributed by atoms with Crippen LogP contribution in [0, 0.1) is 0 Å². The zero-order valence-electron chi connectivity index (χ0n) is 15.1. The summed E-state index contributed by atoms with van der Waals surface area (Å²) in [5.74, 6) is -0.143. The number of halogens is 1. The van der Waals surface area contributed by atoms with Crippen molar-refractivity contribution in [2.24, 2.45) is 7.05 Å². The van der Waals surface area contributed by atoms with Gasteiger partial charge in [0.25, 0.3) is 5.91 Å². The van der Waals surface area contributed by atoms with Gasteiger partial charge in [-0.1, -0.05) is 35.9 Å². The zero-order chi connectivity index (χ0) is 19.3. The lowest BCUT2D eigenvalue weighted by Gasteiger charge is -2.34. The number of pyridine rings is 1. The van der Waals surface area contributed by atoms with Gasteiger partial charge in [0.2, 0.25) is 0 Å². The van der Waals surface area contributed by atoms with Gasteiger partial charge in [0, 0.05) is 37.2 Å².